The van der Waals surface area contributed by atoms with Crippen LogP contribution >= 0.6 is 0 Å². The van der Waals surface area contributed by atoms with Crippen LogP contribution in [-0.2, 0) is 6.54 Å². The van der Waals surface area contributed by atoms with Crippen LogP contribution in [0.15, 0.2) is 48.8 Å². The lowest BCUT2D eigenvalue weighted by Gasteiger charge is -2.29. The van der Waals surface area contributed by atoms with Gasteiger partial charge in [0.05, 0.1) is 6.10 Å². The third-order valence-electron chi connectivity index (χ3n) is 4.64. The zero-order chi connectivity index (χ0) is 16.6. The monoisotopic (exact) mass is 325 g/mol. The normalized spacial score (nSPS) is 16.4. The first-order valence-corrected chi connectivity index (χ1v) is 8.92. The van der Waals surface area contributed by atoms with Gasteiger partial charge in [-0.15, -0.1) is 0 Å². The molecule has 2 heterocycles. The minimum atomic E-state index is -0.0773. The van der Waals surface area contributed by atoms with Crippen LogP contribution in [0.25, 0.3) is 11.1 Å². The fraction of sp³-hybridized carbons (Fsp3) is 0.450. The number of pyridine rings is 1. The number of hydrogen-bond acceptors (Lipinski definition) is 4. The van der Waals surface area contributed by atoms with Gasteiger partial charge in [0.2, 0.25) is 0 Å². The Kier molecular flexibility index (Phi) is 6.35. The van der Waals surface area contributed by atoms with E-state index in [0.29, 0.717) is 0 Å². The van der Waals surface area contributed by atoms with E-state index in [2.05, 4.69) is 45.5 Å². The lowest BCUT2D eigenvalue weighted by molar-refractivity contribution is 0.0821. The van der Waals surface area contributed by atoms with Crippen molar-refractivity contribution in [1.82, 2.24) is 15.2 Å². The predicted molar refractivity (Wildman–Crippen MR) is 97.7 cm³/mol. The first-order valence-electron chi connectivity index (χ1n) is 8.92. The molecule has 1 aliphatic heterocycles. The summed E-state index contributed by atoms with van der Waals surface area (Å²) >= 11 is 0. The summed E-state index contributed by atoms with van der Waals surface area (Å²) in [5.74, 6) is 0. The number of piperidine rings is 1. The second kappa shape index (κ2) is 8.92. The third kappa shape index (κ3) is 5.13. The molecule has 24 heavy (non-hydrogen) atoms. The highest BCUT2D eigenvalue weighted by atomic mass is 16.3. The Balaban J connectivity index is 1.39. The second-order valence-electron chi connectivity index (χ2n) is 6.55. The van der Waals surface area contributed by atoms with Gasteiger partial charge in [-0.1, -0.05) is 24.3 Å². The topological polar surface area (TPSA) is 48.4 Å². The van der Waals surface area contributed by atoms with Crippen molar-refractivity contribution < 1.29 is 5.11 Å². The highest BCUT2D eigenvalue weighted by Gasteiger charge is 2.15. The molecule has 1 fully saturated rings. The summed E-state index contributed by atoms with van der Waals surface area (Å²) in [7, 11) is 0. The molecule has 4 nitrogen and oxygen atoms in total. The van der Waals surface area contributed by atoms with E-state index >= 15 is 0 Å². The second-order valence-corrected chi connectivity index (χ2v) is 6.55. The van der Waals surface area contributed by atoms with Gasteiger partial charge in [-0.3, -0.25) is 4.98 Å². The Hall–Kier alpha value is -1.75. The Morgan fingerprint density at radius 1 is 1.12 bits per heavy atom. The smallest absolute Gasteiger partial charge is 0.0564 e. The molecule has 0 radical (unpaired) electrons. The number of hydrogen-bond donors (Lipinski definition) is 2. The molecule has 2 N–H and O–H groups in total. The quantitative estimate of drug-likeness (QED) is 0.769. The molecule has 128 valence electrons. The molecule has 0 aliphatic carbocycles. The van der Waals surface area contributed by atoms with Crippen LogP contribution in [-0.4, -0.2) is 47.3 Å². The molecule has 0 atom stereocenters. The summed E-state index contributed by atoms with van der Waals surface area (Å²) in [5.41, 5.74) is 3.68. The highest BCUT2D eigenvalue weighted by Crippen LogP contribution is 2.19. The van der Waals surface area contributed by atoms with Crippen LogP contribution in [0, 0.1) is 0 Å². The molecule has 1 aromatic heterocycles. The molecular formula is C20H27N3O. The molecule has 2 aromatic rings. The van der Waals surface area contributed by atoms with Gasteiger partial charge in [0, 0.05) is 32.0 Å². The van der Waals surface area contributed by atoms with Gasteiger partial charge in [0.1, 0.15) is 0 Å². The maximum Gasteiger partial charge on any atom is 0.0564 e. The molecule has 1 aromatic carbocycles. The number of rotatable bonds is 7. The number of aromatic nitrogens is 1. The SMILES string of the molecule is OC1CCN(CCCNCc2cccc(-c3cccnc3)c2)CC1. The zero-order valence-electron chi connectivity index (χ0n) is 14.2. The molecule has 4 heteroatoms. The van der Waals surface area contributed by atoms with Crippen LogP contribution in [0.1, 0.15) is 24.8 Å². The first-order chi connectivity index (χ1) is 11.8. The Bertz CT molecular complexity index is 609. The summed E-state index contributed by atoms with van der Waals surface area (Å²) in [5, 5.41) is 13.1. The minimum Gasteiger partial charge on any atom is -0.393 e. The number of aliphatic hydroxyl groups is 1. The number of nitrogens with one attached hydrogen (secondary N) is 1. The van der Waals surface area contributed by atoms with Crippen molar-refractivity contribution in [2.24, 2.45) is 0 Å². The number of nitrogens with zero attached hydrogens (tertiary/aromatic N) is 2. The van der Waals surface area contributed by atoms with E-state index in [4.69, 9.17) is 0 Å². The van der Waals surface area contributed by atoms with E-state index in [0.717, 1.165) is 57.5 Å². The summed E-state index contributed by atoms with van der Waals surface area (Å²) in [6, 6.07) is 12.7. The van der Waals surface area contributed by atoms with Gasteiger partial charge >= 0.3 is 0 Å². The van der Waals surface area contributed by atoms with E-state index < -0.39 is 0 Å². The molecule has 0 spiro atoms. The molecule has 3 rings (SSSR count). The van der Waals surface area contributed by atoms with E-state index in [-0.39, 0.29) is 6.10 Å². The molecule has 0 bridgehead atoms. The minimum absolute atomic E-state index is 0.0773. The molecule has 1 aliphatic rings. The number of likely N-dealkylation sites (tertiary alicyclic amines) is 1. The summed E-state index contributed by atoms with van der Waals surface area (Å²) in [4.78, 5) is 6.65. The van der Waals surface area contributed by atoms with E-state index in [1.54, 1.807) is 6.20 Å². The maximum atomic E-state index is 9.52. The molecule has 0 unspecified atom stereocenters. The molecule has 1 saturated heterocycles. The van der Waals surface area contributed by atoms with Gasteiger partial charge in [-0.05, 0) is 61.2 Å². The highest BCUT2D eigenvalue weighted by molar-refractivity contribution is 5.62. The van der Waals surface area contributed by atoms with Crippen molar-refractivity contribution in [3.8, 4) is 11.1 Å². The van der Waals surface area contributed by atoms with Crippen molar-refractivity contribution in [3.63, 3.8) is 0 Å². The van der Waals surface area contributed by atoms with E-state index in [1.165, 1.54) is 11.1 Å². The van der Waals surface area contributed by atoms with Crippen LogP contribution in [0.2, 0.25) is 0 Å². The van der Waals surface area contributed by atoms with Crippen molar-refractivity contribution >= 4 is 0 Å². The van der Waals surface area contributed by atoms with Crippen molar-refractivity contribution in [3.05, 3.63) is 54.4 Å². The van der Waals surface area contributed by atoms with Crippen LogP contribution in [0.4, 0.5) is 0 Å². The summed E-state index contributed by atoms with van der Waals surface area (Å²) in [6.45, 7) is 5.11. The van der Waals surface area contributed by atoms with E-state index in [9.17, 15) is 5.11 Å². The zero-order valence-corrected chi connectivity index (χ0v) is 14.2. The predicted octanol–water partition coefficient (Wildman–Crippen LogP) is 2.69. The maximum absolute atomic E-state index is 9.52. The fourth-order valence-corrected chi connectivity index (χ4v) is 3.20. The van der Waals surface area contributed by atoms with Gasteiger partial charge in [0.25, 0.3) is 0 Å². The van der Waals surface area contributed by atoms with Gasteiger partial charge in [-0.25, -0.2) is 0 Å². The Labute approximate surface area is 144 Å². The fourth-order valence-electron chi connectivity index (χ4n) is 3.20. The molecule has 0 amide bonds. The van der Waals surface area contributed by atoms with Crippen molar-refractivity contribution in [2.75, 3.05) is 26.2 Å². The van der Waals surface area contributed by atoms with Crippen LogP contribution in [0.3, 0.4) is 0 Å². The van der Waals surface area contributed by atoms with Crippen molar-refractivity contribution in [1.29, 1.82) is 0 Å². The summed E-state index contributed by atoms with van der Waals surface area (Å²) < 4.78 is 0. The Morgan fingerprint density at radius 3 is 2.75 bits per heavy atom. The number of aliphatic hydroxyl groups excluding tert-OH is 1. The first kappa shape index (κ1) is 17.1. The van der Waals surface area contributed by atoms with Gasteiger partial charge < -0.3 is 15.3 Å². The lowest BCUT2D eigenvalue weighted by Crippen LogP contribution is -2.37. The Morgan fingerprint density at radius 2 is 1.96 bits per heavy atom. The van der Waals surface area contributed by atoms with Crippen LogP contribution < -0.4 is 5.32 Å². The van der Waals surface area contributed by atoms with E-state index in [1.807, 2.05) is 12.3 Å². The van der Waals surface area contributed by atoms with Gasteiger partial charge in [0.15, 0.2) is 0 Å². The average molecular weight is 325 g/mol. The standard InChI is InChI=1S/C20H27N3O/c24-20-7-12-23(13-8-20)11-3-10-21-15-17-4-1-5-18(14-17)19-6-2-9-22-16-19/h1-2,4-6,9,14,16,20-21,24H,3,7-8,10-13,15H2. The number of benzene rings is 1. The largest absolute Gasteiger partial charge is 0.393 e. The van der Waals surface area contributed by atoms with Gasteiger partial charge in [-0.2, -0.15) is 0 Å². The van der Waals surface area contributed by atoms with Crippen molar-refractivity contribution in [2.45, 2.75) is 31.9 Å². The summed E-state index contributed by atoms with van der Waals surface area (Å²) in [6.07, 6.45) is 6.63. The molecule has 0 saturated carbocycles. The third-order valence-corrected chi connectivity index (χ3v) is 4.64. The average Bonchev–Trinajstić information content (AvgIpc) is 2.64. The lowest BCUT2D eigenvalue weighted by atomic mass is 10.0. The molecular weight excluding hydrogens is 298 g/mol. The van der Waals surface area contributed by atoms with Crippen LogP contribution in [0.5, 0.6) is 0 Å².